The van der Waals surface area contributed by atoms with E-state index < -0.39 is 10.0 Å². The highest BCUT2D eigenvalue weighted by Crippen LogP contribution is 2.25. The van der Waals surface area contributed by atoms with E-state index in [2.05, 4.69) is 9.71 Å². The summed E-state index contributed by atoms with van der Waals surface area (Å²) < 4.78 is 27.5. The molecule has 0 saturated carbocycles. The Labute approximate surface area is 129 Å². The van der Waals surface area contributed by atoms with Gasteiger partial charge in [0.25, 0.3) is 10.0 Å². The van der Waals surface area contributed by atoms with Gasteiger partial charge < -0.3 is 5.73 Å². The molecule has 0 radical (unpaired) electrons. The highest BCUT2D eigenvalue weighted by atomic mass is 32.2. The summed E-state index contributed by atoms with van der Waals surface area (Å²) in [7, 11) is -3.65. The Morgan fingerprint density at radius 1 is 1.38 bits per heavy atom. The van der Waals surface area contributed by atoms with Crippen LogP contribution in [0.25, 0.3) is 0 Å². The van der Waals surface area contributed by atoms with Crippen LogP contribution in [0.15, 0.2) is 28.5 Å². The summed E-state index contributed by atoms with van der Waals surface area (Å²) in [5, 5.41) is 2.25. The van der Waals surface area contributed by atoms with E-state index in [1.807, 2.05) is 25.3 Å². The van der Waals surface area contributed by atoms with Crippen LogP contribution in [-0.2, 0) is 16.6 Å². The molecule has 0 fully saturated rings. The van der Waals surface area contributed by atoms with Crippen molar-refractivity contribution in [2.75, 3.05) is 4.72 Å². The fourth-order valence-corrected chi connectivity index (χ4v) is 4.35. The molecule has 1 heterocycles. The number of thiazole rings is 1. The largest absolute Gasteiger partial charge is 0.326 e. The van der Waals surface area contributed by atoms with Crippen molar-refractivity contribution in [3.8, 4) is 0 Å². The quantitative estimate of drug-likeness (QED) is 0.885. The Kier molecular flexibility index (Phi) is 4.65. The van der Waals surface area contributed by atoms with Gasteiger partial charge in [0.15, 0.2) is 5.13 Å². The lowest BCUT2D eigenvalue weighted by Crippen LogP contribution is -2.15. The van der Waals surface area contributed by atoms with E-state index in [1.54, 1.807) is 19.1 Å². The lowest BCUT2D eigenvalue weighted by molar-refractivity contribution is 0.600. The van der Waals surface area contributed by atoms with Crippen LogP contribution in [-0.4, -0.2) is 13.4 Å². The standard InChI is InChI=1S/C14H19N3O2S2/c1-9(2)12-8-20-14(16-12)17-21(18,19)13-6-4-5-11(7-15)10(13)3/h4-6,8-9H,7,15H2,1-3H3,(H,16,17). The molecule has 1 aromatic heterocycles. The zero-order valence-electron chi connectivity index (χ0n) is 12.3. The number of hydrogen-bond acceptors (Lipinski definition) is 5. The molecule has 0 unspecified atom stereocenters. The number of nitrogens with two attached hydrogens (primary N) is 1. The van der Waals surface area contributed by atoms with Crippen LogP contribution in [0.3, 0.4) is 0 Å². The Morgan fingerprint density at radius 3 is 2.67 bits per heavy atom. The van der Waals surface area contributed by atoms with Crippen LogP contribution < -0.4 is 10.5 Å². The van der Waals surface area contributed by atoms with Gasteiger partial charge in [-0.15, -0.1) is 11.3 Å². The molecule has 0 atom stereocenters. The molecule has 0 aliphatic heterocycles. The highest BCUT2D eigenvalue weighted by molar-refractivity contribution is 7.93. The maximum atomic E-state index is 12.5. The van der Waals surface area contributed by atoms with Crippen LogP contribution in [0.2, 0.25) is 0 Å². The lowest BCUT2D eigenvalue weighted by atomic mass is 10.1. The second kappa shape index (κ2) is 6.13. The molecular formula is C14H19N3O2S2. The number of sulfonamides is 1. The zero-order valence-corrected chi connectivity index (χ0v) is 13.9. The van der Waals surface area contributed by atoms with Crippen molar-refractivity contribution in [2.45, 2.75) is 38.1 Å². The van der Waals surface area contributed by atoms with Gasteiger partial charge in [0.2, 0.25) is 0 Å². The average Bonchev–Trinajstić information content (AvgIpc) is 2.86. The number of nitrogens with zero attached hydrogens (tertiary/aromatic N) is 1. The van der Waals surface area contributed by atoms with Crippen LogP contribution in [0.5, 0.6) is 0 Å². The topological polar surface area (TPSA) is 85.1 Å². The molecule has 0 bridgehead atoms. The van der Waals surface area contributed by atoms with Gasteiger partial charge in [-0.25, -0.2) is 13.4 Å². The van der Waals surface area contributed by atoms with E-state index in [9.17, 15) is 8.42 Å². The summed E-state index contributed by atoms with van der Waals surface area (Å²) in [4.78, 5) is 4.54. The van der Waals surface area contributed by atoms with Crippen molar-refractivity contribution in [1.29, 1.82) is 0 Å². The molecule has 21 heavy (non-hydrogen) atoms. The molecule has 0 aliphatic rings. The first-order chi connectivity index (χ1) is 9.85. The first-order valence-electron chi connectivity index (χ1n) is 6.62. The van der Waals surface area contributed by atoms with Crippen LogP contribution in [0.4, 0.5) is 5.13 Å². The number of aromatic nitrogens is 1. The van der Waals surface area contributed by atoms with E-state index in [0.29, 0.717) is 17.2 Å². The first-order valence-corrected chi connectivity index (χ1v) is 8.98. The molecule has 0 amide bonds. The number of benzene rings is 1. The van der Waals surface area contributed by atoms with E-state index in [1.165, 1.54) is 11.3 Å². The van der Waals surface area contributed by atoms with Crippen molar-refractivity contribution in [1.82, 2.24) is 4.98 Å². The number of rotatable bonds is 5. The van der Waals surface area contributed by atoms with Gasteiger partial charge in [0, 0.05) is 11.9 Å². The van der Waals surface area contributed by atoms with Crippen molar-refractivity contribution < 1.29 is 8.42 Å². The second-order valence-corrected chi connectivity index (χ2v) is 7.59. The van der Waals surface area contributed by atoms with Crippen molar-refractivity contribution >= 4 is 26.5 Å². The molecular weight excluding hydrogens is 306 g/mol. The first kappa shape index (κ1) is 15.9. The third-order valence-corrected chi connectivity index (χ3v) is 5.63. The lowest BCUT2D eigenvalue weighted by Gasteiger charge is -2.11. The maximum Gasteiger partial charge on any atom is 0.263 e. The number of hydrogen-bond donors (Lipinski definition) is 2. The number of anilines is 1. The Bertz CT molecular complexity index is 736. The predicted molar refractivity (Wildman–Crippen MR) is 86.1 cm³/mol. The average molecular weight is 325 g/mol. The predicted octanol–water partition coefficient (Wildman–Crippen LogP) is 2.83. The molecule has 1 aromatic carbocycles. The van der Waals surface area contributed by atoms with Gasteiger partial charge in [-0.05, 0) is 30.0 Å². The smallest absolute Gasteiger partial charge is 0.263 e. The van der Waals surface area contributed by atoms with Crippen LogP contribution in [0.1, 0.15) is 36.6 Å². The minimum absolute atomic E-state index is 0.242. The monoisotopic (exact) mass is 325 g/mol. The van der Waals surface area contributed by atoms with Gasteiger partial charge in [-0.2, -0.15) is 0 Å². The Balaban J connectivity index is 2.34. The van der Waals surface area contributed by atoms with Gasteiger partial charge in [0.1, 0.15) is 0 Å². The Hall–Kier alpha value is -1.44. The summed E-state index contributed by atoms with van der Waals surface area (Å²) in [6, 6.07) is 5.10. The normalized spacial score (nSPS) is 11.9. The summed E-state index contributed by atoms with van der Waals surface area (Å²) in [6.07, 6.45) is 0. The summed E-state index contributed by atoms with van der Waals surface area (Å²) in [6.45, 7) is 6.10. The Morgan fingerprint density at radius 2 is 2.10 bits per heavy atom. The molecule has 114 valence electrons. The number of nitrogens with one attached hydrogen (secondary N) is 1. The molecule has 0 saturated heterocycles. The zero-order chi connectivity index (χ0) is 15.6. The van der Waals surface area contributed by atoms with Crippen molar-refractivity contribution in [2.24, 2.45) is 5.73 Å². The summed E-state index contributed by atoms with van der Waals surface area (Å²) >= 11 is 1.29. The van der Waals surface area contributed by atoms with Crippen molar-refractivity contribution in [3.63, 3.8) is 0 Å². The van der Waals surface area contributed by atoms with Crippen molar-refractivity contribution in [3.05, 3.63) is 40.4 Å². The third kappa shape index (κ3) is 3.42. The van der Waals surface area contributed by atoms with Gasteiger partial charge in [-0.1, -0.05) is 26.0 Å². The minimum atomic E-state index is -3.65. The third-order valence-electron chi connectivity index (χ3n) is 3.24. The molecule has 3 N–H and O–H groups in total. The van der Waals surface area contributed by atoms with Crippen LogP contribution in [0, 0.1) is 6.92 Å². The van der Waals surface area contributed by atoms with E-state index >= 15 is 0 Å². The highest BCUT2D eigenvalue weighted by Gasteiger charge is 2.20. The summed E-state index contributed by atoms with van der Waals surface area (Å²) in [5.74, 6) is 0.266. The van der Waals surface area contributed by atoms with E-state index in [4.69, 9.17) is 5.73 Å². The summed E-state index contributed by atoms with van der Waals surface area (Å²) in [5.41, 5.74) is 8.00. The van der Waals surface area contributed by atoms with Gasteiger partial charge in [-0.3, -0.25) is 4.72 Å². The molecule has 0 aliphatic carbocycles. The van der Waals surface area contributed by atoms with Gasteiger partial charge in [0.05, 0.1) is 10.6 Å². The molecule has 2 aromatic rings. The molecule has 5 nitrogen and oxygen atoms in total. The molecule has 0 spiro atoms. The fraction of sp³-hybridized carbons (Fsp3) is 0.357. The molecule has 2 rings (SSSR count). The van der Waals surface area contributed by atoms with Gasteiger partial charge >= 0.3 is 0 Å². The van der Waals surface area contributed by atoms with E-state index in [0.717, 1.165) is 11.3 Å². The van der Waals surface area contributed by atoms with E-state index in [-0.39, 0.29) is 10.8 Å². The molecule has 7 heteroatoms. The SMILES string of the molecule is Cc1c(CN)cccc1S(=O)(=O)Nc1nc(C(C)C)cs1. The second-order valence-electron chi connectivity index (χ2n) is 5.08. The maximum absolute atomic E-state index is 12.5. The van der Waals surface area contributed by atoms with Crippen LogP contribution >= 0.6 is 11.3 Å². The fourth-order valence-electron chi connectivity index (χ4n) is 1.94. The minimum Gasteiger partial charge on any atom is -0.326 e.